The largest absolute Gasteiger partial charge is 0.489 e. The molecule has 0 fully saturated rings. The number of rotatable bonds is 4. The second kappa shape index (κ2) is 7.27. The number of hydrogen-bond acceptors (Lipinski definition) is 4. The van der Waals surface area contributed by atoms with Crippen LogP contribution in [-0.2, 0) is 6.61 Å². The number of hydrogen-bond donors (Lipinski definition) is 1. The maximum absolute atomic E-state index is 13.3. The Bertz CT molecular complexity index is 892. The molecule has 1 unspecified atom stereocenters. The number of hydrazone groups is 1. The maximum atomic E-state index is 13.3. The zero-order valence-corrected chi connectivity index (χ0v) is 15.3. The summed E-state index contributed by atoms with van der Waals surface area (Å²) < 4.78 is 45.4. The third-order valence-corrected chi connectivity index (χ3v) is 4.40. The van der Waals surface area contributed by atoms with E-state index < -0.39 is 24.2 Å². The van der Waals surface area contributed by atoms with E-state index in [1.54, 1.807) is 0 Å². The first-order valence-corrected chi connectivity index (χ1v) is 8.56. The topological polar surface area (TPSA) is 62.1 Å². The van der Waals surface area contributed by atoms with Crippen molar-refractivity contribution in [1.29, 1.82) is 0 Å². The summed E-state index contributed by atoms with van der Waals surface area (Å²) in [5.41, 5.74) is -1.27. The lowest BCUT2D eigenvalue weighted by Crippen LogP contribution is -2.56. The Hall–Kier alpha value is -2.87. The first-order valence-electron chi connectivity index (χ1n) is 8.56. The van der Waals surface area contributed by atoms with Crippen molar-refractivity contribution >= 4 is 11.6 Å². The molecule has 1 heterocycles. The van der Waals surface area contributed by atoms with Crippen LogP contribution in [0.5, 0.6) is 5.75 Å². The minimum absolute atomic E-state index is 0.0197. The number of benzene rings is 2. The average Bonchev–Trinajstić information content (AvgIpc) is 2.97. The summed E-state index contributed by atoms with van der Waals surface area (Å²) in [7, 11) is 0. The molecule has 5 nitrogen and oxygen atoms in total. The highest BCUT2D eigenvalue weighted by Gasteiger charge is 2.62. The predicted octanol–water partition coefficient (Wildman–Crippen LogP) is 4.05. The third kappa shape index (κ3) is 3.87. The lowest BCUT2D eigenvalue weighted by Gasteiger charge is -2.32. The Balaban J connectivity index is 1.72. The SMILES string of the molecule is CC1=NN(C(=O)c2ccc(OCc3ccc(C)cc3)cc2)C(O)(C(F)(F)F)C1. The van der Waals surface area contributed by atoms with Crippen molar-refractivity contribution in [3.63, 3.8) is 0 Å². The molecule has 1 N–H and O–H groups in total. The minimum Gasteiger partial charge on any atom is -0.489 e. The van der Waals surface area contributed by atoms with E-state index in [1.165, 1.54) is 31.2 Å². The van der Waals surface area contributed by atoms with Crippen molar-refractivity contribution in [2.75, 3.05) is 0 Å². The second-order valence-corrected chi connectivity index (χ2v) is 6.74. The first-order chi connectivity index (χ1) is 13.1. The van der Waals surface area contributed by atoms with Crippen LogP contribution in [0.4, 0.5) is 13.2 Å². The van der Waals surface area contributed by atoms with Crippen molar-refractivity contribution in [2.45, 2.75) is 38.8 Å². The van der Waals surface area contributed by atoms with Gasteiger partial charge in [-0.25, -0.2) is 0 Å². The van der Waals surface area contributed by atoms with Crippen LogP contribution in [0.15, 0.2) is 53.6 Å². The van der Waals surface area contributed by atoms with Gasteiger partial charge in [0.05, 0.1) is 0 Å². The molecule has 1 aliphatic rings. The smallest absolute Gasteiger partial charge is 0.438 e. The number of ether oxygens (including phenoxy) is 1. The second-order valence-electron chi connectivity index (χ2n) is 6.74. The van der Waals surface area contributed by atoms with Crippen molar-refractivity contribution in [1.82, 2.24) is 5.01 Å². The number of aryl methyl sites for hydroxylation is 1. The lowest BCUT2D eigenvalue weighted by molar-refractivity contribution is -0.297. The fourth-order valence-corrected chi connectivity index (χ4v) is 2.82. The van der Waals surface area contributed by atoms with Gasteiger partial charge in [-0.3, -0.25) is 4.79 Å². The van der Waals surface area contributed by atoms with E-state index in [0.717, 1.165) is 11.1 Å². The summed E-state index contributed by atoms with van der Waals surface area (Å²) in [6.07, 6.45) is -5.80. The highest BCUT2D eigenvalue weighted by Crippen LogP contribution is 2.40. The van der Waals surface area contributed by atoms with Crippen molar-refractivity contribution in [3.8, 4) is 5.75 Å². The van der Waals surface area contributed by atoms with E-state index in [0.29, 0.717) is 12.4 Å². The fraction of sp³-hybridized carbons (Fsp3) is 0.300. The molecule has 1 aliphatic heterocycles. The minimum atomic E-state index is -5.03. The molecule has 0 saturated carbocycles. The van der Waals surface area contributed by atoms with Gasteiger partial charge in [-0.2, -0.15) is 23.3 Å². The van der Waals surface area contributed by atoms with Gasteiger partial charge < -0.3 is 9.84 Å². The molecule has 0 bridgehead atoms. The molecule has 1 atom stereocenters. The van der Waals surface area contributed by atoms with Crippen molar-refractivity contribution in [3.05, 3.63) is 65.2 Å². The Morgan fingerprint density at radius 2 is 1.75 bits per heavy atom. The molecule has 0 radical (unpaired) electrons. The number of nitrogens with zero attached hydrogens (tertiary/aromatic N) is 2. The van der Waals surface area contributed by atoms with Crippen LogP contribution in [0, 0.1) is 6.92 Å². The van der Waals surface area contributed by atoms with Crippen LogP contribution in [0.2, 0.25) is 0 Å². The number of carbonyl (C=O) groups excluding carboxylic acids is 1. The summed E-state index contributed by atoms with van der Waals surface area (Å²) in [6, 6.07) is 13.4. The summed E-state index contributed by atoms with van der Waals surface area (Å²) in [5, 5.41) is 13.7. The van der Waals surface area contributed by atoms with Crippen molar-refractivity contribution < 1.29 is 27.8 Å². The average molecular weight is 392 g/mol. The standard InChI is InChI=1S/C20H19F3N2O3/c1-13-3-5-15(6-4-13)12-28-17-9-7-16(8-10-17)18(26)25-19(27,20(21,22)23)11-14(2)24-25/h3-10,27H,11-12H2,1-2H3. The number of halogens is 3. The highest BCUT2D eigenvalue weighted by atomic mass is 19.4. The monoisotopic (exact) mass is 392 g/mol. The maximum Gasteiger partial charge on any atom is 0.438 e. The van der Waals surface area contributed by atoms with E-state index in [-0.39, 0.29) is 16.3 Å². The van der Waals surface area contributed by atoms with Crippen LogP contribution in [0.1, 0.15) is 34.8 Å². The quantitative estimate of drug-likeness (QED) is 0.854. The Morgan fingerprint density at radius 1 is 1.14 bits per heavy atom. The summed E-state index contributed by atoms with van der Waals surface area (Å²) in [6.45, 7) is 3.62. The Kier molecular flexibility index (Phi) is 5.16. The summed E-state index contributed by atoms with van der Waals surface area (Å²) in [5.74, 6) is -0.578. The van der Waals surface area contributed by atoms with Crippen LogP contribution in [0.25, 0.3) is 0 Å². The van der Waals surface area contributed by atoms with Crippen LogP contribution in [0.3, 0.4) is 0 Å². The van der Waals surface area contributed by atoms with Gasteiger partial charge >= 0.3 is 6.18 Å². The Labute approximate surface area is 160 Å². The molecule has 1 amide bonds. The molecule has 2 aromatic carbocycles. The first kappa shape index (κ1) is 19.9. The predicted molar refractivity (Wildman–Crippen MR) is 96.9 cm³/mol. The van der Waals surface area contributed by atoms with Gasteiger partial charge in [0, 0.05) is 17.7 Å². The van der Waals surface area contributed by atoms with E-state index in [2.05, 4.69) is 5.10 Å². The number of amides is 1. The van der Waals surface area contributed by atoms with E-state index >= 15 is 0 Å². The zero-order chi connectivity index (χ0) is 20.5. The molecule has 0 aromatic heterocycles. The van der Waals surface area contributed by atoms with Gasteiger partial charge in [0.15, 0.2) is 0 Å². The third-order valence-electron chi connectivity index (χ3n) is 4.40. The van der Waals surface area contributed by atoms with E-state index in [1.807, 2.05) is 31.2 Å². The van der Waals surface area contributed by atoms with Gasteiger partial charge in [0.2, 0.25) is 0 Å². The normalized spacial score (nSPS) is 19.5. The molecule has 0 saturated heterocycles. The molecule has 0 aliphatic carbocycles. The van der Waals surface area contributed by atoms with Gasteiger partial charge in [-0.15, -0.1) is 0 Å². The molecule has 2 aromatic rings. The molecule has 0 spiro atoms. The molecular formula is C20H19F3N2O3. The van der Waals surface area contributed by atoms with E-state index in [9.17, 15) is 23.1 Å². The Morgan fingerprint density at radius 3 is 2.32 bits per heavy atom. The van der Waals surface area contributed by atoms with Crippen molar-refractivity contribution in [2.24, 2.45) is 5.10 Å². The molecule has 28 heavy (non-hydrogen) atoms. The van der Waals surface area contributed by atoms with Gasteiger partial charge in [-0.05, 0) is 43.7 Å². The number of aliphatic hydroxyl groups is 1. The van der Waals surface area contributed by atoms with Crippen LogP contribution in [-0.4, -0.2) is 33.6 Å². The number of alkyl halides is 3. The molecular weight excluding hydrogens is 373 g/mol. The summed E-state index contributed by atoms with van der Waals surface area (Å²) in [4.78, 5) is 12.5. The molecule has 148 valence electrons. The van der Waals surface area contributed by atoms with Gasteiger partial charge in [-0.1, -0.05) is 29.8 Å². The van der Waals surface area contributed by atoms with Crippen LogP contribution >= 0.6 is 0 Å². The highest BCUT2D eigenvalue weighted by molar-refractivity contribution is 5.98. The van der Waals surface area contributed by atoms with Crippen LogP contribution < -0.4 is 4.74 Å². The zero-order valence-electron chi connectivity index (χ0n) is 15.3. The van der Waals surface area contributed by atoms with Gasteiger partial charge in [0.1, 0.15) is 12.4 Å². The summed E-state index contributed by atoms with van der Waals surface area (Å²) >= 11 is 0. The lowest BCUT2D eigenvalue weighted by atomic mass is 10.1. The fourth-order valence-electron chi connectivity index (χ4n) is 2.82. The van der Waals surface area contributed by atoms with E-state index in [4.69, 9.17) is 4.74 Å². The number of carbonyl (C=O) groups is 1. The molecule has 3 rings (SSSR count). The molecule has 8 heteroatoms. The van der Waals surface area contributed by atoms with Gasteiger partial charge in [0.25, 0.3) is 11.6 Å².